The first-order valence-corrected chi connectivity index (χ1v) is 10.6. The first-order chi connectivity index (χ1) is 13.3. The minimum Gasteiger partial charge on any atom is -0.370 e. The van der Waals surface area contributed by atoms with Crippen LogP contribution < -0.4 is 5.32 Å². The second kappa shape index (κ2) is 8.64. The van der Waals surface area contributed by atoms with Crippen LogP contribution in [-0.4, -0.2) is 48.1 Å². The van der Waals surface area contributed by atoms with Crippen molar-refractivity contribution >= 4 is 11.8 Å². The Morgan fingerprint density at radius 1 is 1.21 bits per heavy atom. The molecule has 1 aromatic carbocycles. The van der Waals surface area contributed by atoms with Crippen LogP contribution in [0.25, 0.3) is 0 Å². The molecule has 0 saturated carbocycles. The highest BCUT2D eigenvalue weighted by atomic mass is 16.5. The van der Waals surface area contributed by atoms with Gasteiger partial charge in [-0.15, -0.1) is 0 Å². The number of benzene rings is 1. The second-order valence-corrected chi connectivity index (χ2v) is 8.90. The van der Waals surface area contributed by atoms with Gasteiger partial charge in [0.15, 0.2) is 0 Å². The summed E-state index contributed by atoms with van der Waals surface area (Å²) in [5.41, 5.74) is 2.79. The molecule has 1 unspecified atom stereocenters. The third kappa shape index (κ3) is 4.75. The van der Waals surface area contributed by atoms with E-state index in [0.717, 1.165) is 55.5 Å². The first-order valence-electron chi connectivity index (χ1n) is 10.6. The highest BCUT2D eigenvalue weighted by molar-refractivity contribution is 5.95. The summed E-state index contributed by atoms with van der Waals surface area (Å²) in [4.78, 5) is 26.8. The fraction of sp³-hybridized carbons (Fsp3) is 0.652. The van der Waals surface area contributed by atoms with E-state index in [9.17, 15) is 9.59 Å². The molecule has 0 bridgehead atoms. The molecule has 3 rings (SSSR count). The fourth-order valence-electron chi connectivity index (χ4n) is 4.35. The number of nitrogens with zero attached hydrogens (tertiary/aromatic N) is 1. The molecule has 1 atom stereocenters. The van der Waals surface area contributed by atoms with E-state index in [1.807, 2.05) is 36.9 Å². The highest BCUT2D eigenvalue weighted by Gasteiger charge is 2.43. The first kappa shape index (κ1) is 20.8. The molecule has 1 N–H and O–H groups in total. The maximum atomic E-state index is 12.5. The van der Waals surface area contributed by atoms with Crippen LogP contribution in [0.2, 0.25) is 0 Å². The molecule has 5 nitrogen and oxygen atoms in total. The Morgan fingerprint density at radius 3 is 2.61 bits per heavy atom. The average molecular weight is 387 g/mol. The summed E-state index contributed by atoms with van der Waals surface area (Å²) in [6.07, 6.45) is 4.47. The van der Waals surface area contributed by atoms with E-state index in [2.05, 4.69) is 19.2 Å². The molecule has 1 spiro atoms. The summed E-state index contributed by atoms with van der Waals surface area (Å²) in [5, 5.41) is 3.05. The van der Waals surface area contributed by atoms with Gasteiger partial charge in [0.1, 0.15) is 0 Å². The van der Waals surface area contributed by atoms with Crippen LogP contribution in [0.1, 0.15) is 67.4 Å². The summed E-state index contributed by atoms with van der Waals surface area (Å²) in [5.74, 6) is 0.635. The lowest BCUT2D eigenvalue weighted by molar-refractivity contribution is -0.138. The minimum atomic E-state index is -0.108. The maximum absolute atomic E-state index is 12.5. The molecular weight excluding hydrogens is 352 g/mol. The predicted molar refractivity (Wildman–Crippen MR) is 110 cm³/mol. The van der Waals surface area contributed by atoms with Crippen LogP contribution in [0.15, 0.2) is 18.2 Å². The third-order valence-corrected chi connectivity index (χ3v) is 6.29. The van der Waals surface area contributed by atoms with Crippen LogP contribution >= 0.6 is 0 Å². The number of nitrogens with one attached hydrogen (secondary N) is 1. The number of ether oxygens (including phenoxy) is 1. The molecule has 2 aliphatic heterocycles. The van der Waals surface area contributed by atoms with Gasteiger partial charge in [-0.25, -0.2) is 0 Å². The van der Waals surface area contributed by atoms with Crippen molar-refractivity contribution in [3.8, 4) is 0 Å². The van der Waals surface area contributed by atoms with Crippen molar-refractivity contribution in [3.63, 3.8) is 0 Å². The molecule has 5 heteroatoms. The summed E-state index contributed by atoms with van der Waals surface area (Å²) in [7, 11) is 0. The van der Waals surface area contributed by atoms with E-state index >= 15 is 0 Å². The average Bonchev–Trinajstić information content (AvgIpc) is 3.04. The zero-order valence-electron chi connectivity index (χ0n) is 17.7. The summed E-state index contributed by atoms with van der Waals surface area (Å²) in [6, 6.07) is 5.82. The van der Waals surface area contributed by atoms with Gasteiger partial charge in [0.2, 0.25) is 5.91 Å². The Hall–Kier alpha value is -1.88. The molecular formula is C23H34N2O3. The number of likely N-dealkylation sites (tertiary alicyclic amines) is 1. The van der Waals surface area contributed by atoms with Crippen molar-refractivity contribution in [2.45, 2.75) is 71.5 Å². The second-order valence-electron chi connectivity index (χ2n) is 8.90. The van der Waals surface area contributed by atoms with E-state index in [1.165, 1.54) is 0 Å². The number of carbonyl (C=O) groups excluding carboxylic acids is 2. The van der Waals surface area contributed by atoms with Crippen LogP contribution in [0.4, 0.5) is 0 Å². The molecule has 0 aromatic heterocycles. The largest absolute Gasteiger partial charge is 0.370 e. The molecule has 2 fully saturated rings. The van der Waals surface area contributed by atoms with Crippen LogP contribution in [0.5, 0.6) is 0 Å². The van der Waals surface area contributed by atoms with Crippen molar-refractivity contribution in [2.75, 3.05) is 19.6 Å². The van der Waals surface area contributed by atoms with E-state index < -0.39 is 0 Å². The Balaban J connectivity index is 1.48. The SMILES string of the molecule is Cc1cccc(C(=O)NCC2CCC3(CCN(C(=O)CC(C)C)CC3)O2)c1C. The molecule has 154 valence electrons. The van der Waals surface area contributed by atoms with Crippen LogP contribution in [-0.2, 0) is 9.53 Å². The van der Waals surface area contributed by atoms with Gasteiger partial charge in [-0.2, -0.15) is 0 Å². The third-order valence-electron chi connectivity index (χ3n) is 6.29. The normalized spacial score (nSPS) is 21.3. The van der Waals surface area contributed by atoms with E-state index in [-0.39, 0.29) is 23.5 Å². The predicted octanol–water partition coefficient (Wildman–Crippen LogP) is 3.62. The Morgan fingerprint density at radius 2 is 1.93 bits per heavy atom. The number of hydrogen-bond donors (Lipinski definition) is 1. The van der Waals surface area contributed by atoms with Gasteiger partial charge in [0, 0.05) is 31.6 Å². The van der Waals surface area contributed by atoms with Gasteiger partial charge in [0.05, 0.1) is 11.7 Å². The molecule has 1 aromatic rings. The molecule has 28 heavy (non-hydrogen) atoms. The highest BCUT2D eigenvalue weighted by Crippen LogP contribution is 2.39. The smallest absolute Gasteiger partial charge is 0.251 e. The van der Waals surface area contributed by atoms with Crippen molar-refractivity contribution in [3.05, 3.63) is 34.9 Å². The number of aryl methyl sites for hydroxylation is 1. The lowest BCUT2D eigenvalue weighted by Gasteiger charge is -2.39. The van der Waals surface area contributed by atoms with Gasteiger partial charge < -0.3 is 15.0 Å². The van der Waals surface area contributed by atoms with Crippen molar-refractivity contribution in [2.24, 2.45) is 5.92 Å². The number of rotatable bonds is 5. The summed E-state index contributed by atoms with van der Waals surface area (Å²) in [6.45, 7) is 10.3. The summed E-state index contributed by atoms with van der Waals surface area (Å²) >= 11 is 0. The molecule has 2 saturated heterocycles. The number of amides is 2. The topological polar surface area (TPSA) is 58.6 Å². The lowest BCUT2D eigenvalue weighted by Crippen LogP contribution is -2.47. The standard InChI is InChI=1S/C23H34N2O3/c1-16(2)14-21(26)25-12-10-23(11-13-25)9-8-19(28-23)15-24-22(27)20-7-5-6-17(3)18(20)4/h5-7,16,19H,8-15H2,1-4H3,(H,24,27). The Bertz CT molecular complexity index is 721. The van der Waals surface area contributed by atoms with E-state index in [4.69, 9.17) is 4.74 Å². The minimum absolute atomic E-state index is 0.0279. The molecule has 0 radical (unpaired) electrons. The molecule has 2 heterocycles. The van der Waals surface area contributed by atoms with Gasteiger partial charge in [0.25, 0.3) is 5.91 Å². The van der Waals surface area contributed by atoms with E-state index in [1.54, 1.807) is 0 Å². The molecule has 0 aliphatic carbocycles. The van der Waals surface area contributed by atoms with Gasteiger partial charge in [-0.1, -0.05) is 26.0 Å². The van der Waals surface area contributed by atoms with Gasteiger partial charge >= 0.3 is 0 Å². The van der Waals surface area contributed by atoms with Gasteiger partial charge in [-0.3, -0.25) is 9.59 Å². The van der Waals surface area contributed by atoms with Crippen molar-refractivity contribution in [1.82, 2.24) is 10.2 Å². The Kier molecular flexibility index (Phi) is 6.43. The zero-order valence-corrected chi connectivity index (χ0v) is 17.7. The summed E-state index contributed by atoms with van der Waals surface area (Å²) < 4.78 is 6.39. The number of carbonyl (C=O) groups is 2. The van der Waals surface area contributed by atoms with Crippen molar-refractivity contribution in [1.29, 1.82) is 0 Å². The molecule has 2 aliphatic rings. The quantitative estimate of drug-likeness (QED) is 0.841. The van der Waals surface area contributed by atoms with Crippen LogP contribution in [0, 0.1) is 19.8 Å². The number of piperidine rings is 1. The fourth-order valence-corrected chi connectivity index (χ4v) is 4.35. The number of hydrogen-bond acceptors (Lipinski definition) is 3. The maximum Gasteiger partial charge on any atom is 0.251 e. The zero-order chi connectivity index (χ0) is 20.3. The van der Waals surface area contributed by atoms with Crippen molar-refractivity contribution < 1.29 is 14.3 Å². The van der Waals surface area contributed by atoms with Gasteiger partial charge in [-0.05, 0) is 62.6 Å². The Labute approximate surface area is 168 Å². The molecule has 2 amide bonds. The lowest BCUT2D eigenvalue weighted by atomic mass is 9.88. The van der Waals surface area contributed by atoms with E-state index in [0.29, 0.717) is 18.9 Å². The van der Waals surface area contributed by atoms with Crippen LogP contribution in [0.3, 0.4) is 0 Å². The monoisotopic (exact) mass is 386 g/mol.